The molecular formula is C28H30O15. The van der Waals surface area contributed by atoms with Crippen molar-refractivity contribution in [2.24, 2.45) is 0 Å². The fourth-order valence-corrected chi connectivity index (χ4v) is 4.49. The molecule has 43 heavy (non-hydrogen) atoms. The molecule has 0 amide bonds. The van der Waals surface area contributed by atoms with E-state index in [2.05, 4.69) is 0 Å². The van der Waals surface area contributed by atoms with Gasteiger partial charge in [-0.25, -0.2) is 4.79 Å². The molecule has 2 aliphatic heterocycles. The lowest BCUT2D eigenvalue weighted by molar-refractivity contribution is -0.277. The van der Waals surface area contributed by atoms with Crippen molar-refractivity contribution in [3.63, 3.8) is 0 Å². The number of carbonyl (C=O) groups is 4. The number of carboxylic acids is 2. The first kappa shape index (κ1) is 31.7. The van der Waals surface area contributed by atoms with Crippen LogP contribution >= 0.6 is 0 Å². The Bertz CT molecular complexity index is 1340. The number of carboxylic acid groups (broad SMARTS) is 2. The predicted molar refractivity (Wildman–Crippen MR) is 140 cm³/mol. The summed E-state index contributed by atoms with van der Waals surface area (Å²) in [7, 11) is 0. The summed E-state index contributed by atoms with van der Waals surface area (Å²) in [6, 6.07) is 8.74. The lowest BCUT2D eigenvalue weighted by atomic mass is 9.92. The van der Waals surface area contributed by atoms with Gasteiger partial charge >= 0.3 is 17.9 Å². The van der Waals surface area contributed by atoms with Gasteiger partial charge in [-0.1, -0.05) is 12.1 Å². The minimum atomic E-state index is -1.77. The van der Waals surface area contributed by atoms with E-state index in [9.17, 15) is 39.6 Å². The number of aliphatic carboxylic acids is 2. The van der Waals surface area contributed by atoms with Gasteiger partial charge in [0.2, 0.25) is 6.29 Å². The van der Waals surface area contributed by atoms with Gasteiger partial charge in [0.15, 0.2) is 5.78 Å². The first-order valence-corrected chi connectivity index (χ1v) is 13.2. The summed E-state index contributed by atoms with van der Waals surface area (Å²) in [6.07, 6.45) is -9.74. The van der Waals surface area contributed by atoms with Gasteiger partial charge < -0.3 is 54.3 Å². The van der Waals surface area contributed by atoms with E-state index in [1.165, 1.54) is 6.07 Å². The molecule has 1 saturated heterocycles. The van der Waals surface area contributed by atoms with Crippen molar-refractivity contribution in [2.45, 2.75) is 56.1 Å². The number of carbonyl (C=O) groups excluding carboxylic acids is 2. The Morgan fingerprint density at radius 1 is 0.884 bits per heavy atom. The summed E-state index contributed by atoms with van der Waals surface area (Å²) in [5, 5.41) is 57.6. The van der Waals surface area contributed by atoms with Crippen LogP contribution in [0.1, 0.15) is 51.6 Å². The minimum Gasteiger partial charge on any atom is -0.493 e. The maximum Gasteiger partial charge on any atom is 0.339 e. The Balaban J connectivity index is 1.62. The number of benzene rings is 2. The third-order valence-corrected chi connectivity index (χ3v) is 6.70. The van der Waals surface area contributed by atoms with Crippen LogP contribution < -0.4 is 14.2 Å². The number of rotatable bonds is 12. The summed E-state index contributed by atoms with van der Waals surface area (Å²) in [4.78, 5) is 47.8. The molecule has 15 heteroatoms. The van der Waals surface area contributed by atoms with Gasteiger partial charge in [-0.2, -0.15) is 0 Å². The van der Waals surface area contributed by atoms with Crippen LogP contribution in [0.4, 0.5) is 0 Å². The molecule has 0 saturated carbocycles. The van der Waals surface area contributed by atoms with Crippen molar-refractivity contribution in [2.75, 3.05) is 19.8 Å². The van der Waals surface area contributed by atoms with E-state index in [4.69, 9.17) is 33.9 Å². The fraction of sp³-hybridized carbons (Fsp3) is 0.429. The zero-order valence-electron chi connectivity index (χ0n) is 22.5. The lowest BCUT2D eigenvalue weighted by Gasteiger charge is -2.39. The lowest BCUT2D eigenvalue weighted by Crippen LogP contribution is -2.60. The van der Waals surface area contributed by atoms with Crippen LogP contribution in [0.15, 0.2) is 36.4 Å². The van der Waals surface area contributed by atoms with Gasteiger partial charge in [0.25, 0.3) is 0 Å². The smallest absolute Gasteiger partial charge is 0.339 e. The van der Waals surface area contributed by atoms with Crippen LogP contribution in [-0.4, -0.2) is 105 Å². The summed E-state index contributed by atoms with van der Waals surface area (Å²) < 4.78 is 27.5. The number of aliphatic hydroxyl groups excluding tert-OH is 4. The minimum absolute atomic E-state index is 0.0387. The summed E-state index contributed by atoms with van der Waals surface area (Å²) in [5.41, 5.74) is 0.0925. The summed E-state index contributed by atoms with van der Waals surface area (Å²) >= 11 is 0. The Hall–Kier alpha value is -4.28. The Kier molecular flexibility index (Phi) is 10.2. The van der Waals surface area contributed by atoms with Gasteiger partial charge in [-0.05, 0) is 23.8 Å². The second-order valence-electron chi connectivity index (χ2n) is 9.73. The molecule has 15 nitrogen and oxygen atoms in total. The molecule has 6 atom stereocenters. The monoisotopic (exact) mass is 606 g/mol. The quantitative estimate of drug-likeness (QED) is 0.175. The Morgan fingerprint density at radius 2 is 1.56 bits per heavy atom. The molecule has 6 N–H and O–H groups in total. The number of Topliss-reactive ketones (excluding diaryl/α,β-unsaturated/α-hetero) is 1. The molecule has 0 spiro atoms. The molecule has 2 heterocycles. The standard InChI is InChI=1S/C28H30O15/c29-12-20-24(35)25(36)26(37)28(43-20)41-15-9-16(27(38)40-8-6-22(33)34)23-17(30)11-18(42-19(23)10-15)13-1-3-14(4-2-13)39-7-5-21(31)32/h1-4,9-10,18,20,24-26,28-29,35-37H,5-8,11-12H2,(H,31,32)(H,33,34)/t18?,20-,24+,25+,26-,28+/m1/s1. The first-order chi connectivity index (χ1) is 20.5. The van der Waals surface area contributed by atoms with Crippen molar-refractivity contribution in [3.8, 4) is 17.2 Å². The second kappa shape index (κ2) is 13.8. The van der Waals surface area contributed by atoms with Crippen LogP contribution in [-0.2, 0) is 19.1 Å². The van der Waals surface area contributed by atoms with Crippen LogP contribution in [0.5, 0.6) is 17.2 Å². The van der Waals surface area contributed by atoms with E-state index < -0.39 is 80.1 Å². The zero-order chi connectivity index (χ0) is 31.3. The molecule has 1 unspecified atom stereocenters. The number of hydrogen-bond donors (Lipinski definition) is 6. The van der Waals surface area contributed by atoms with E-state index in [0.717, 1.165) is 6.07 Å². The number of hydrogen-bond acceptors (Lipinski definition) is 13. The summed E-state index contributed by atoms with van der Waals surface area (Å²) in [5.74, 6) is -3.65. The van der Waals surface area contributed by atoms with Crippen molar-refractivity contribution in [3.05, 3.63) is 53.1 Å². The Labute approximate surface area is 243 Å². The molecule has 4 rings (SSSR count). The number of ether oxygens (including phenoxy) is 5. The number of fused-ring (bicyclic) bond motifs is 1. The highest BCUT2D eigenvalue weighted by Gasteiger charge is 2.45. The van der Waals surface area contributed by atoms with Crippen molar-refractivity contribution < 1.29 is 73.5 Å². The van der Waals surface area contributed by atoms with E-state index in [1.54, 1.807) is 24.3 Å². The molecule has 1 fully saturated rings. The van der Waals surface area contributed by atoms with Crippen molar-refractivity contribution in [1.82, 2.24) is 0 Å². The molecule has 2 aliphatic rings. The normalized spacial score (nSPS) is 24.8. The summed E-state index contributed by atoms with van der Waals surface area (Å²) in [6.45, 7) is -1.23. The topological polar surface area (TPSA) is 236 Å². The highest BCUT2D eigenvalue weighted by molar-refractivity contribution is 6.09. The van der Waals surface area contributed by atoms with Gasteiger partial charge in [-0.15, -0.1) is 0 Å². The van der Waals surface area contributed by atoms with Gasteiger partial charge in [0, 0.05) is 6.07 Å². The number of ketones is 1. The molecule has 2 aromatic rings. The molecule has 0 bridgehead atoms. The number of esters is 1. The highest BCUT2D eigenvalue weighted by Crippen LogP contribution is 2.40. The van der Waals surface area contributed by atoms with E-state index in [1.807, 2.05) is 0 Å². The van der Waals surface area contributed by atoms with Crippen molar-refractivity contribution in [1.29, 1.82) is 0 Å². The SMILES string of the molecule is O=C(O)CCOC(=O)c1cc(O[C@H]2O[C@H](CO)[C@H](O)[C@H](O)[C@H]2O)cc2c1C(=O)CC(c1ccc(OCCC(=O)O)cc1)O2. The zero-order valence-corrected chi connectivity index (χ0v) is 22.5. The van der Waals surface area contributed by atoms with Crippen molar-refractivity contribution >= 4 is 23.7 Å². The van der Waals surface area contributed by atoms with Crippen LogP contribution in [0.3, 0.4) is 0 Å². The van der Waals surface area contributed by atoms with Crippen LogP contribution in [0, 0.1) is 0 Å². The largest absolute Gasteiger partial charge is 0.493 e. The molecule has 0 radical (unpaired) electrons. The maximum absolute atomic E-state index is 13.3. The predicted octanol–water partition coefficient (Wildman–Crippen LogP) is 0.0568. The molecular weight excluding hydrogens is 576 g/mol. The van der Waals surface area contributed by atoms with Crippen LogP contribution in [0.25, 0.3) is 0 Å². The van der Waals surface area contributed by atoms with Gasteiger partial charge in [0.05, 0.1) is 43.6 Å². The molecule has 0 aliphatic carbocycles. The average Bonchev–Trinajstić information content (AvgIpc) is 2.96. The molecule has 0 aromatic heterocycles. The average molecular weight is 607 g/mol. The third kappa shape index (κ3) is 7.57. The Morgan fingerprint density at radius 3 is 2.21 bits per heavy atom. The highest BCUT2D eigenvalue weighted by atomic mass is 16.7. The first-order valence-electron chi connectivity index (χ1n) is 13.2. The maximum atomic E-state index is 13.3. The van der Waals surface area contributed by atoms with E-state index >= 15 is 0 Å². The van der Waals surface area contributed by atoms with E-state index in [-0.39, 0.29) is 42.1 Å². The van der Waals surface area contributed by atoms with E-state index in [0.29, 0.717) is 11.3 Å². The van der Waals surface area contributed by atoms with Crippen LogP contribution in [0.2, 0.25) is 0 Å². The van der Waals surface area contributed by atoms with Gasteiger partial charge in [0.1, 0.15) is 54.4 Å². The van der Waals surface area contributed by atoms with Gasteiger partial charge in [-0.3, -0.25) is 14.4 Å². The molecule has 232 valence electrons. The third-order valence-electron chi connectivity index (χ3n) is 6.70. The fourth-order valence-electron chi connectivity index (χ4n) is 4.49. The second-order valence-corrected chi connectivity index (χ2v) is 9.73. The number of aliphatic hydroxyl groups is 4. The molecule has 2 aromatic carbocycles.